The first kappa shape index (κ1) is 28.0. The number of rotatable bonds is 11. The van der Waals surface area contributed by atoms with Crippen molar-refractivity contribution < 1.29 is 14.3 Å². The highest BCUT2D eigenvalue weighted by Gasteiger charge is 2.42. The van der Waals surface area contributed by atoms with Crippen LogP contribution in [-0.2, 0) is 6.42 Å². The van der Waals surface area contributed by atoms with Gasteiger partial charge in [-0.25, -0.2) is 0 Å². The van der Waals surface area contributed by atoms with E-state index >= 15 is 0 Å². The molecule has 4 atom stereocenters. The first-order valence-corrected chi connectivity index (χ1v) is 15.4. The minimum absolute atomic E-state index is 0.0596. The van der Waals surface area contributed by atoms with Gasteiger partial charge in [0.2, 0.25) is 0 Å². The third-order valence-corrected chi connectivity index (χ3v) is 8.86. The van der Waals surface area contributed by atoms with Gasteiger partial charge in [-0.3, -0.25) is 9.69 Å². The molecule has 2 saturated heterocycles. The second kappa shape index (κ2) is 13.2. The van der Waals surface area contributed by atoms with Gasteiger partial charge >= 0.3 is 0 Å². The molecule has 3 heterocycles. The first-order valence-electron chi connectivity index (χ1n) is 15.4. The van der Waals surface area contributed by atoms with E-state index in [1.54, 1.807) is 0 Å². The van der Waals surface area contributed by atoms with Crippen molar-refractivity contribution in [2.45, 2.75) is 90.3 Å². The van der Waals surface area contributed by atoms with E-state index in [4.69, 9.17) is 9.47 Å². The molecule has 2 N–H and O–H groups in total. The zero-order chi connectivity index (χ0) is 27.2. The minimum atomic E-state index is -0.113. The molecule has 0 aromatic heterocycles. The molecule has 2 fully saturated rings. The van der Waals surface area contributed by atoms with Crippen molar-refractivity contribution >= 4 is 5.91 Å². The van der Waals surface area contributed by atoms with E-state index in [9.17, 15) is 4.79 Å². The molecule has 39 heavy (non-hydrogen) atoms. The van der Waals surface area contributed by atoms with Gasteiger partial charge in [0.25, 0.3) is 5.91 Å². The zero-order valence-corrected chi connectivity index (χ0v) is 24.1. The second-order valence-corrected chi connectivity index (χ2v) is 11.6. The number of nitrogens with zero attached hydrogens (tertiary/aromatic N) is 1. The van der Waals surface area contributed by atoms with Crippen molar-refractivity contribution in [1.82, 2.24) is 15.5 Å². The molecule has 3 aliphatic rings. The molecule has 1 amide bonds. The van der Waals surface area contributed by atoms with E-state index in [1.165, 1.54) is 24.0 Å². The Labute approximate surface area is 234 Å². The molecule has 2 aromatic rings. The molecule has 0 unspecified atom stereocenters. The number of hydrogen-bond acceptors (Lipinski definition) is 5. The highest BCUT2D eigenvalue weighted by Crippen LogP contribution is 2.47. The van der Waals surface area contributed by atoms with Crippen LogP contribution in [0.15, 0.2) is 36.4 Å². The number of nitrogens with one attached hydrogen (secondary N) is 2. The zero-order valence-electron chi connectivity index (χ0n) is 24.1. The highest BCUT2D eigenvalue weighted by atomic mass is 16.5. The maximum atomic E-state index is 14.3. The Balaban J connectivity index is 1.56. The molecule has 0 bridgehead atoms. The SMILES string of the molecule is CCCCOc1cc2c(c(C(=O)N[C@H](C)c3ccccc3)c1OCCCC)[C@@H]1C[C@@H]3NCCC[C@@H]3CN1CC2. The van der Waals surface area contributed by atoms with Crippen LogP contribution >= 0.6 is 0 Å². The Morgan fingerprint density at radius 3 is 2.67 bits per heavy atom. The third kappa shape index (κ3) is 6.28. The van der Waals surface area contributed by atoms with Crippen LogP contribution in [0.2, 0.25) is 0 Å². The maximum absolute atomic E-state index is 14.3. The number of ether oxygens (including phenoxy) is 2. The number of carbonyl (C=O) groups excluding carboxylic acids is 1. The summed E-state index contributed by atoms with van der Waals surface area (Å²) >= 11 is 0. The summed E-state index contributed by atoms with van der Waals surface area (Å²) in [5, 5.41) is 7.14. The molecule has 5 rings (SSSR count). The van der Waals surface area contributed by atoms with Gasteiger partial charge in [-0.2, -0.15) is 0 Å². The van der Waals surface area contributed by atoms with Crippen LogP contribution in [0.25, 0.3) is 0 Å². The Hall–Kier alpha value is -2.57. The Bertz CT molecular complexity index is 1110. The fourth-order valence-corrected chi connectivity index (χ4v) is 6.65. The number of benzene rings is 2. The topological polar surface area (TPSA) is 62.8 Å². The summed E-state index contributed by atoms with van der Waals surface area (Å²) in [4.78, 5) is 17.0. The average molecular weight is 534 g/mol. The summed E-state index contributed by atoms with van der Waals surface area (Å²) in [6.45, 7) is 10.8. The molecule has 0 radical (unpaired) electrons. The fraction of sp³-hybridized carbons (Fsp3) is 0.606. The van der Waals surface area contributed by atoms with Crippen LogP contribution in [0.4, 0.5) is 0 Å². The summed E-state index contributed by atoms with van der Waals surface area (Å²) in [7, 11) is 0. The lowest BCUT2D eigenvalue weighted by atomic mass is 9.76. The predicted octanol–water partition coefficient (Wildman–Crippen LogP) is 6.21. The van der Waals surface area contributed by atoms with Crippen LogP contribution < -0.4 is 20.1 Å². The number of piperidine rings is 2. The van der Waals surface area contributed by atoms with Gasteiger partial charge in [-0.1, -0.05) is 57.0 Å². The van der Waals surface area contributed by atoms with E-state index in [0.29, 0.717) is 36.5 Å². The summed E-state index contributed by atoms with van der Waals surface area (Å²) in [5.74, 6) is 2.00. The van der Waals surface area contributed by atoms with Crippen molar-refractivity contribution in [2.24, 2.45) is 5.92 Å². The number of amides is 1. The maximum Gasteiger partial charge on any atom is 0.256 e. The minimum Gasteiger partial charge on any atom is -0.490 e. The normalized spacial score (nSPS) is 23.2. The van der Waals surface area contributed by atoms with Crippen molar-refractivity contribution in [3.8, 4) is 11.5 Å². The van der Waals surface area contributed by atoms with Gasteiger partial charge < -0.3 is 20.1 Å². The fourth-order valence-electron chi connectivity index (χ4n) is 6.65. The van der Waals surface area contributed by atoms with Crippen LogP contribution in [0, 0.1) is 5.92 Å². The van der Waals surface area contributed by atoms with E-state index in [1.807, 2.05) is 18.2 Å². The highest BCUT2D eigenvalue weighted by molar-refractivity contribution is 6.00. The van der Waals surface area contributed by atoms with E-state index in [-0.39, 0.29) is 18.0 Å². The second-order valence-electron chi connectivity index (χ2n) is 11.6. The van der Waals surface area contributed by atoms with Gasteiger partial charge in [-0.05, 0) is 80.7 Å². The Kier molecular flexibility index (Phi) is 9.46. The lowest BCUT2D eigenvalue weighted by Crippen LogP contribution is -2.55. The van der Waals surface area contributed by atoms with Gasteiger partial charge in [0, 0.05) is 25.2 Å². The van der Waals surface area contributed by atoms with Gasteiger partial charge in [-0.15, -0.1) is 0 Å². The smallest absolute Gasteiger partial charge is 0.256 e. The lowest BCUT2D eigenvalue weighted by Gasteiger charge is -2.49. The van der Waals surface area contributed by atoms with Crippen LogP contribution in [0.1, 0.15) is 105 Å². The number of hydrogen-bond donors (Lipinski definition) is 2. The lowest BCUT2D eigenvalue weighted by molar-refractivity contribution is 0.0539. The van der Waals surface area contributed by atoms with Gasteiger partial charge in [0.05, 0.1) is 24.8 Å². The van der Waals surface area contributed by atoms with Crippen LogP contribution in [-0.4, -0.2) is 49.7 Å². The molecule has 212 valence electrons. The van der Waals surface area contributed by atoms with Crippen molar-refractivity contribution in [1.29, 1.82) is 0 Å². The molecule has 0 spiro atoms. The molecule has 6 heteroatoms. The largest absolute Gasteiger partial charge is 0.490 e. The average Bonchev–Trinajstić information content (AvgIpc) is 2.96. The van der Waals surface area contributed by atoms with Crippen LogP contribution in [0.5, 0.6) is 11.5 Å². The van der Waals surface area contributed by atoms with Crippen LogP contribution in [0.3, 0.4) is 0 Å². The summed E-state index contributed by atoms with van der Waals surface area (Å²) in [6.07, 6.45) is 8.54. The monoisotopic (exact) mass is 533 g/mol. The third-order valence-electron chi connectivity index (χ3n) is 8.86. The summed E-state index contributed by atoms with van der Waals surface area (Å²) in [5.41, 5.74) is 4.20. The van der Waals surface area contributed by atoms with E-state index < -0.39 is 0 Å². The summed E-state index contributed by atoms with van der Waals surface area (Å²) < 4.78 is 12.8. The number of unbranched alkanes of at least 4 members (excludes halogenated alkanes) is 2. The molecule has 0 aliphatic carbocycles. The molecular weight excluding hydrogens is 486 g/mol. The summed E-state index contributed by atoms with van der Waals surface area (Å²) in [6, 6.07) is 13.0. The van der Waals surface area contributed by atoms with Crippen molar-refractivity contribution in [2.75, 3.05) is 32.8 Å². The van der Waals surface area contributed by atoms with Crippen molar-refractivity contribution in [3.63, 3.8) is 0 Å². The Morgan fingerprint density at radius 1 is 1.13 bits per heavy atom. The predicted molar refractivity (Wildman–Crippen MR) is 157 cm³/mol. The Morgan fingerprint density at radius 2 is 1.90 bits per heavy atom. The van der Waals surface area contributed by atoms with E-state index in [0.717, 1.165) is 69.5 Å². The molecule has 6 nitrogen and oxygen atoms in total. The molecule has 2 aromatic carbocycles. The molecule has 0 saturated carbocycles. The standard InChI is InChI=1S/C33H47N3O3/c1-4-6-18-38-29-20-25-15-17-36-22-26-14-11-16-34-27(26)21-28(36)30(25)31(32(29)39-19-7-5-2)33(37)35-23(3)24-12-9-8-10-13-24/h8-10,12-13,20,23,26-28,34H,4-7,11,14-19,21-22H2,1-3H3,(H,35,37)/t23-,26-,27+,28+/m1/s1. The number of fused-ring (bicyclic) bond motifs is 4. The van der Waals surface area contributed by atoms with E-state index in [2.05, 4.69) is 54.5 Å². The van der Waals surface area contributed by atoms with Gasteiger partial charge in [0.15, 0.2) is 11.5 Å². The quantitative estimate of drug-likeness (QED) is 0.337. The van der Waals surface area contributed by atoms with Gasteiger partial charge in [0.1, 0.15) is 0 Å². The first-order chi connectivity index (χ1) is 19.1. The van der Waals surface area contributed by atoms with Crippen molar-refractivity contribution in [3.05, 3.63) is 58.7 Å². The molecule has 3 aliphatic heterocycles. The number of carbonyl (C=O) groups is 1. The molecular formula is C33H47N3O3.